The topological polar surface area (TPSA) is 139 Å². The highest BCUT2D eigenvalue weighted by Crippen LogP contribution is 2.35. The lowest BCUT2D eigenvalue weighted by Crippen LogP contribution is -2.19. The van der Waals surface area contributed by atoms with Crippen LogP contribution in [0.3, 0.4) is 0 Å². The molecule has 0 spiro atoms. The molecule has 2 aromatic rings. The standard InChI is InChI=1S/C18H15BN6S.CH5N/c20-7-13-5-12(6-14(22)17(13)23)16-9-25-8-15(24-18(25)26-16)11-1-3-19(10-21)4-2-11;1-2/h5-6,8-9,11,22-23H,1-4H2;2H2,1H3. The van der Waals surface area contributed by atoms with E-state index < -0.39 is 0 Å². The molecule has 3 heterocycles. The first-order valence-electron chi connectivity index (χ1n) is 9.06. The predicted octanol–water partition coefficient (Wildman–Crippen LogP) is 3.29. The normalized spacial score (nSPS) is 17.4. The van der Waals surface area contributed by atoms with Crippen molar-refractivity contribution in [1.82, 2.24) is 9.38 Å². The van der Waals surface area contributed by atoms with Crippen LogP contribution in [0.5, 0.6) is 0 Å². The van der Waals surface area contributed by atoms with Gasteiger partial charge in [-0.3, -0.25) is 15.2 Å². The van der Waals surface area contributed by atoms with Gasteiger partial charge in [0.2, 0.25) is 0 Å². The van der Waals surface area contributed by atoms with Gasteiger partial charge in [0, 0.05) is 24.3 Å². The molecule has 0 unspecified atom stereocenters. The molecule has 0 bridgehead atoms. The van der Waals surface area contributed by atoms with E-state index in [1.807, 2.05) is 16.7 Å². The number of nitrogens with zero attached hydrogens (tertiary/aromatic N) is 4. The van der Waals surface area contributed by atoms with Gasteiger partial charge < -0.3 is 5.73 Å². The predicted molar refractivity (Wildman–Crippen MR) is 113 cm³/mol. The Balaban J connectivity index is 0.00000109. The number of fused-ring (bicyclic) bond motifs is 1. The Labute approximate surface area is 167 Å². The van der Waals surface area contributed by atoms with E-state index in [-0.39, 0.29) is 23.7 Å². The molecule has 140 valence electrons. The van der Waals surface area contributed by atoms with Crippen LogP contribution in [-0.2, 0) is 0 Å². The quantitative estimate of drug-likeness (QED) is 0.536. The molecule has 4 N–H and O–H groups in total. The van der Waals surface area contributed by atoms with Crippen LogP contribution >= 0.6 is 11.3 Å². The van der Waals surface area contributed by atoms with Gasteiger partial charge in [0.05, 0.1) is 27.6 Å². The highest BCUT2D eigenvalue weighted by Gasteiger charge is 2.27. The van der Waals surface area contributed by atoms with E-state index in [4.69, 9.17) is 26.3 Å². The zero-order valence-corrected chi connectivity index (χ0v) is 16.4. The number of nitriles is 2. The molecule has 7 nitrogen and oxygen atoms in total. The number of nitrogens with one attached hydrogen (secondary N) is 2. The fourth-order valence-corrected chi connectivity index (χ4v) is 4.50. The van der Waals surface area contributed by atoms with Crippen LogP contribution in [-0.4, -0.2) is 34.6 Å². The van der Waals surface area contributed by atoms with E-state index in [0.29, 0.717) is 5.92 Å². The minimum atomic E-state index is -0.0344. The van der Waals surface area contributed by atoms with Crippen molar-refractivity contribution in [1.29, 1.82) is 21.3 Å². The molecule has 2 aromatic heterocycles. The van der Waals surface area contributed by atoms with E-state index in [9.17, 15) is 0 Å². The Hall–Kier alpha value is -3.01. The third kappa shape index (κ3) is 3.68. The van der Waals surface area contributed by atoms with Crippen LogP contribution in [0.15, 0.2) is 30.1 Å². The Morgan fingerprint density at radius 2 is 1.93 bits per heavy atom. The Morgan fingerprint density at radius 1 is 1.21 bits per heavy atom. The summed E-state index contributed by atoms with van der Waals surface area (Å²) >= 11 is 1.52. The van der Waals surface area contributed by atoms with Crippen LogP contribution in [0, 0.1) is 33.4 Å². The number of rotatable bonds is 2. The molecule has 0 saturated carbocycles. The largest absolute Gasteiger partial charge is 0.333 e. The summed E-state index contributed by atoms with van der Waals surface area (Å²) in [6, 6.07) is 1.99. The number of hydrogen-bond donors (Lipinski definition) is 3. The maximum absolute atomic E-state index is 9.14. The lowest BCUT2D eigenvalue weighted by atomic mass is 9.41. The second kappa shape index (κ2) is 8.34. The van der Waals surface area contributed by atoms with Gasteiger partial charge in [-0.1, -0.05) is 36.8 Å². The lowest BCUT2D eigenvalue weighted by molar-refractivity contribution is 0.598. The summed E-state index contributed by atoms with van der Waals surface area (Å²) < 4.78 is 2.00. The average Bonchev–Trinajstić information content (AvgIpc) is 3.31. The highest BCUT2D eigenvalue weighted by molar-refractivity contribution is 7.18. The zero-order chi connectivity index (χ0) is 20.3. The molecule has 0 aromatic carbocycles. The van der Waals surface area contributed by atoms with Crippen molar-refractivity contribution < 1.29 is 0 Å². The van der Waals surface area contributed by atoms with Gasteiger partial charge >= 0.3 is 0 Å². The number of nitrogens with two attached hydrogens (primary N) is 1. The van der Waals surface area contributed by atoms with E-state index in [2.05, 4.69) is 17.9 Å². The molecule has 9 heteroatoms. The van der Waals surface area contributed by atoms with E-state index in [1.165, 1.54) is 18.4 Å². The molecule has 4 rings (SSSR count). The van der Waals surface area contributed by atoms with Gasteiger partial charge in [0.1, 0.15) is 6.07 Å². The van der Waals surface area contributed by atoms with Crippen molar-refractivity contribution in [3.63, 3.8) is 0 Å². The molecule has 0 atom stereocenters. The summed E-state index contributed by atoms with van der Waals surface area (Å²) in [5, 5.41) is 33.8. The van der Waals surface area contributed by atoms with Crippen molar-refractivity contribution in [2.75, 3.05) is 7.05 Å². The first-order valence-corrected chi connectivity index (χ1v) is 9.88. The number of allylic oxidation sites excluding steroid dienone is 4. The lowest BCUT2D eigenvalue weighted by Gasteiger charge is -2.21. The fourth-order valence-electron chi connectivity index (χ4n) is 3.53. The minimum absolute atomic E-state index is 0.0344. The average molecular weight is 389 g/mol. The number of imidazole rings is 1. The van der Waals surface area contributed by atoms with Crippen molar-refractivity contribution in [3.8, 4) is 12.0 Å². The minimum Gasteiger partial charge on any atom is -0.333 e. The summed E-state index contributed by atoms with van der Waals surface area (Å²) in [7, 11) is 1.50. The summed E-state index contributed by atoms with van der Waals surface area (Å²) in [6.45, 7) is 0.190. The van der Waals surface area contributed by atoms with E-state index in [0.717, 1.165) is 46.6 Å². The molecular formula is C19H20BN7S. The molecule has 1 aliphatic carbocycles. The number of aromatic nitrogens is 2. The van der Waals surface area contributed by atoms with Crippen LogP contribution in [0.4, 0.5) is 0 Å². The number of hydrogen-bond acceptors (Lipinski definition) is 7. The van der Waals surface area contributed by atoms with Crippen molar-refractivity contribution in [3.05, 3.63) is 40.7 Å². The fraction of sp³-hybridized carbons (Fsp3) is 0.316. The van der Waals surface area contributed by atoms with Crippen LogP contribution in [0.2, 0.25) is 12.6 Å². The first-order chi connectivity index (χ1) is 13.6. The van der Waals surface area contributed by atoms with Gasteiger partial charge in [0.25, 0.3) is 6.71 Å². The maximum atomic E-state index is 9.14. The molecule has 1 aliphatic heterocycles. The molecule has 28 heavy (non-hydrogen) atoms. The zero-order valence-electron chi connectivity index (χ0n) is 15.6. The van der Waals surface area contributed by atoms with Crippen molar-refractivity contribution in [2.45, 2.75) is 31.4 Å². The number of thiazole rings is 1. The molecule has 1 saturated heterocycles. The van der Waals surface area contributed by atoms with Crippen LogP contribution < -0.4 is 5.73 Å². The van der Waals surface area contributed by atoms with Crippen LogP contribution in [0.1, 0.15) is 29.3 Å². The Bertz CT molecular complexity index is 1040. The highest BCUT2D eigenvalue weighted by atomic mass is 32.1. The second-order valence-corrected chi connectivity index (χ2v) is 7.70. The van der Waals surface area contributed by atoms with Crippen LogP contribution in [0.25, 0.3) is 10.5 Å². The summed E-state index contributed by atoms with van der Waals surface area (Å²) in [5.41, 5.74) is 6.59. The third-order valence-electron chi connectivity index (χ3n) is 5.05. The van der Waals surface area contributed by atoms with E-state index in [1.54, 1.807) is 12.2 Å². The monoisotopic (exact) mass is 389 g/mol. The third-order valence-corrected chi connectivity index (χ3v) is 6.09. The van der Waals surface area contributed by atoms with E-state index >= 15 is 0 Å². The summed E-state index contributed by atoms with van der Waals surface area (Å²) in [4.78, 5) is 6.58. The summed E-state index contributed by atoms with van der Waals surface area (Å²) in [6.07, 6.45) is 11.2. The molecular weight excluding hydrogens is 369 g/mol. The Kier molecular flexibility index (Phi) is 5.88. The van der Waals surface area contributed by atoms with Crippen molar-refractivity contribution >= 4 is 40.0 Å². The van der Waals surface area contributed by atoms with Gasteiger partial charge in [-0.05, 0) is 24.8 Å². The molecule has 1 fully saturated rings. The van der Waals surface area contributed by atoms with Crippen molar-refractivity contribution in [2.24, 2.45) is 5.73 Å². The summed E-state index contributed by atoms with van der Waals surface area (Å²) in [5.74, 6) is 2.79. The van der Waals surface area contributed by atoms with Gasteiger partial charge in [-0.15, -0.1) is 0 Å². The van der Waals surface area contributed by atoms with Gasteiger partial charge in [-0.25, -0.2) is 10.2 Å². The SMILES string of the molecule is CN.N#CB1CCC(c2cn3cc(C4=CC(=N)C(=N)C(C#N)=C4)sc3n2)CC1. The molecule has 0 radical (unpaired) electrons. The van der Waals surface area contributed by atoms with Gasteiger partial charge in [-0.2, -0.15) is 5.26 Å². The smallest absolute Gasteiger partial charge is 0.267 e. The Morgan fingerprint density at radius 3 is 2.54 bits per heavy atom. The second-order valence-electron chi connectivity index (χ2n) is 6.69. The first kappa shape index (κ1) is 19.7. The molecule has 0 amide bonds. The molecule has 2 aliphatic rings. The van der Waals surface area contributed by atoms with Gasteiger partial charge in [0.15, 0.2) is 4.96 Å². The maximum Gasteiger partial charge on any atom is 0.267 e.